The van der Waals surface area contributed by atoms with Gasteiger partial charge in [-0.1, -0.05) is 18.2 Å². The second-order valence-electron chi connectivity index (χ2n) is 7.14. The number of nitrogens with one attached hydrogen (secondary N) is 2. The van der Waals surface area contributed by atoms with Crippen LogP contribution in [0.25, 0.3) is 0 Å². The zero-order valence-electron chi connectivity index (χ0n) is 17.4. The highest BCUT2D eigenvalue weighted by Gasteiger charge is 2.28. The highest BCUT2D eigenvalue weighted by atomic mass is 32.2. The molecule has 1 aromatic heterocycles. The molecular weight excluding hydrogens is 453 g/mol. The van der Waals surface area contributed by atoms with Gasteiger partial charge in [-0.2, -0.15) is 0 Å². The Balaban J connectivity index is 1.89. The van der Waals surface area contributed by atoms with Crippen LogP contribution in [0.4, 0.5) is 15.8 Å². The fourth-order valence-corrected chi connectivity index (χ4v) is 5.42. The van der Waals surface area contributed by atoms with E-state index in [0.717, 1.165) is 27.8 Å². The van der Waals surface area contributed by atoms with E-state index < -0.39 is 28.3 Å². The second-order valence-corrected chi connectivity index (χ2v) is 10.2. The fraction of sp³-hybridized carbons (Fsp3) is 0.182. The fourth-order valence-electron chi connectivity index (χ4n) is 2.89. The summed E-state index contributed by atoms with van der Waals surface area (Å²) in [6.45, 7) is 3.07. The molecule has 7 nitrogen and oxygen atoms in total. The Morgan fingerprint density at radius 2 is 1.72 bits per heavy atom. The summed E-state index contributed by atoms with van der Waals surface area (Å²) in [6, 6.07) is 14.2. The van der Waals surface area contributed by atoms with Crippen LogP contribution in [-0.2, 0) is 14.8 Å². The molecule has 3 aromatic rings. The molecule has 0 aliphatic heterocycles. The summed E-state index contributed by atoms with van der Waals surface area (Å²) in [5.74, 6) is -1.55. The van der Waals surface area contributed by atoms with Gasteiger partial charge in [-0.25, -0.2) is 12.8 Å². The monoisotopic (exact) mass is 475 g/mol. The average Bonchev–Trinajstić information content (AvgIpc) is 3.28. The minimum atomic E-state index is -4.06. The van der Waals surface area contributed by atoms with Crippen molar-refractivity contribution in [2.24, 2.45) is 0 Å². The van der Waals surface area contributed by atoms with Gasteiger partial charge in [-0.3, -0.25) is 13.9 Å². The third-order valence-corrected chi connectivity index (χ3v) is 7.45. The lowest BCUT2D eigenvalue weighted by molar-refractivity contribution is -0.114. The first kappa shape index (κ1) is 23.4. The van der Waals surface area contributed by atoms with Crippen LogP contribution in [0.3, 0.4) is 0 Å². The van der Waals surface area contributed by atoms with Crippen LogP contribution in [-0.4, -0.2) is 32.8 Å². The first-order valence-corrected chi connectivity index (χ1v) is 12.0. The molecule has 10 heteroatoms. The number of rotatable bonds is 8. The third kappa shape index (κ3) is 5.51. The number of para-hydroxylation sites is 1. The van der Waals surface area contributed by atoms with Crippen LogP contribution in [0.5, 0.6) is 0 Å². The number of hydrogen-bond donors (Lipinski definition) is 2. The van der Waals surface area contributed by atoms with E-state index in [0.29, 0.717) is 0 Å². The minimum Gasteiger partial charge on any atom is -0.350 e. The first-order valence-electron chi connectivity index (χ1n) is 9.70. The van der Waals surface area contributed by atoms with Gasteiger partial charge in [0.05, 0.1) is 16.9 Å². The van der Waals surface area contributed by atoms with Gasteiger partial charge in [0.1, 0.15) is 16.6 Å². The summed E-state index contributed by atoms with van der Waals surface area (Å²) in [4.78, 5) is 25.3. The van der Waals surface area contributed by atoms with Crippen molar-refractivity contribution in [3.63, 3.8) is 0 Å². The van der Waals surface area contributed by atoms with Gasteiger partial charge in [0.25, 0.3) is 15.9 Å². The maximum absolute atomic E-state index is 13.4. The number of benzene rings is 2. The van der Waals surface area contributed by atoms with Crippen LogP contribution in [0, 0.1) is 5.82 Å². The average molecular weight is 476 g/mol. The van der Waals surface area contributed by atoms with E-state index >= 15 is 0 Å². The van der Waals surface area contributed by atoms with Gasteiger partial charge in [-0.05, 0) is 61.7 Å². The van der Waals surface area contributed by atoms with Gasteiger partial charge >= 0.3 is 0 Å². The van der Waals surface area contributed by atoms with E-state index in [4.69, 9.17) is 0 Å². The van der Waals surface area contributed by atoms with E-state index in [-0.39, 0.29) is 33.1 Å². The molecular formula is C22H22FN3O4S2. The van der Waals surface area contributed by atoms with Crippen LogP contribution in [0.1, 0.15) is 24.2 Å². The molecule has 0 aliphatic carbocycles. The Bertz CT molecular complexity index is 1190. The van der Waals surface area contributed by atoms with Crippen molar-refractivity contribution in [3.8, 4) is 0 Å². The lowest BCUT2D eigenvalue weighted by Gasteiger charge is -2.23. The molecule has 0 aliphatic rings. The zero-order valence-corrected chi connectivity index (χ0v) is 19.0. The molecule has 2 aromatic carbocycles. The number of sulfonamides is 1. The number of hydrogen-bond acceptors (Lipinski definition) is 5. The van der Waals surface area contributed by atoms with Crippen LogP contribution >= 0.6 is 11.3 Å². The number of halogens is 1. The number of carbonyl (C=O) groups excluding carboxylic acids is 2. The summed E-state index contributed by atoms with van der Waals surface area (Å²) in [7, 11) is -4.06. The smallest absolute Gasteiger partial charge is 0.274 e. The van der Waals surface area contributed by atoms with Crippen molar-refractivity contribution in [2.75, 3.05) is 16.2 Å². The Morgan fingerprint density at radius 1 is 1.03 bits per heavy atom. The van der Waals surface area contributed by atoms with Gasteiger partial charge in [0, 0.05) is 6.04 Å². The topological polar surface area (TPSA) is 95.6 Å². The largest absolute Gasteiger partial charge is 0.350 e. The molecule has 2 amide bonds. The Labute approximate surface area is 189 Å². The van der Waals surface area contributed by atoms with Crippen molar-refractivity contribution >= 4 is 44.5 Å². The predicted octanol–water partition coefficient (Wildman–Crippen LogP) is 3.86. The first-order chi connectivity index (χ1) is 15.2. The van der Waals surface area contributed by atoms with Gasteiger partial charge in [-0.15, -0.1) is 11.3 Å². The third-order valence-electron chi connectivity index (χ3n) is 4.31. The summed E-state index contributed by atoms with van der Waals surface area (Å²) in [5.41, 5.74) is 0.646. The quantitative estimate of drug-likeness (QED) is 0.517. The molecule has 1 heterocycles. The maximum atomic E-state index is 13.4. The van der Waals surface area contributed by atoms with Crippen molar-refractivity contribution in [2.45, 2.75) is 24.1 Å². The molecule has 32 heavy (non-hydrogen) atoms. The van der Waals surface area contributed by atoms with E-state index in [1.165, 1.54) is 18.2 Å². The summed E-state index contributed by atoms with van der Waals surface area (Å²) >= 11 is 1.01. The van der Waals surface area contributed by atoms with Crippen LogP contribution in [0.15, 0.2) is 70.3 Å². The SMILES string of the molecule is CC(C)NC(=O)c1ccccc1NC(=O)CN(c1ccc(F)cc1)S(=O)(=O)c1cccs1. The van der Waals surface area contributed by atoms with E-state index in [2.05, 4.69) is 10.6 Å². The molecule has 0 bridgehead atoms. The van der Waals surface area contributed by atoms with Crippen LogP contribution < -0.4 is 14.9 Å². The summed E-state index contributed by atoms with van der Waals surface area (Å²) < 4.78 is 40.7. The van der Waals surface area contributed by atoms with E-state index in [9.17, 15) is 22.4 Å². The highest BCUT2D eigenvalue weighted by Crippen LogP contribution is 2.27. The summed E-state index contributed by atoms with van der Waals surface area (Å²) in [5, 5.41) is 6.98. The lowest BCUT2D eigenvalue weighted by Crippen LogP contribution is -2.38. The lowest BCUT2D eigenvalue weighted by atomic mass is 10.1. The number of carbonyl (C=O) groups is 2. The maximum Gasteiger partial charge on any atom is 0.274 e. The van der Waals surface area contributed by atoms with Gasteiger partial charge < -0.3 is 10.6 Å². The molecule has 0 spiro atoms. The predicted molar refractivity (Wildman–Crippen MR) is 123 cm³/mol. The van der Waals surface area contributed by atoms with Gasteiger partial charge in [0.2, 0.25) is 5.91 Å². The highest BCUT2D eigenvalue weighted by molar-refractivity contribution is 7.94. The van der Waals surface area contributed by atoms with Crippen LogP contribution in [0.2, 0.25) is 0 Å². The molecule has 0 fully saturated rings. The molecule has 0 saturated heterocycles. The summed E-state index contributed by atoms with van der Waals surface area (Å²) in [6.07, 6.45) is 0. The zero-order chi connectivity index (χ0) is 23.3. The van der Waals surface area contributed by atoms with Crippen molar-refractivity contribution in [1.29, 1.82) is 0 Å². The number of amides is 2. The number of anilines is 2. The Hall–Kier alpha value is -3.24. The molecule has 2 N–H and O–H groups in total. The number of thiophene rings is 1. The van der Waals surface area contributed by atoms with E-state index in [1.807, 2.05) is 13.8 Å². The molecule has 0 atom stereocenters. The minimum absolute atomic E-state index is 0.0475. The number of nitrogens with zero attached hydrogens (tertiary/aromatic N) is 1. The normalized spacial score (nSPS) is 11.2. The Morgan fingerprint density at radius 3 is 2.34 bits per heavy atom. The van der Waals surface area contributed by atoms with Crippen molar-refractivity contribution in [3.05, 3.63) is 77.4 Å². The second kappa shape index (κ2) is 9.92. The molecule has 3 rings (SSSR count). The van der Waals surface area contributed by atoms with Crippen molar-refractivity contribution < 1.29 is 22.4 Å². The standard InChI is InChI=1S/C22H22FN3O4S2/c1-15(2)24-22(28)18-6-3-4-7-19(18)25-20(27)14-26(17-11-9-16(23)10-12-17)32(29,30)21-8-5-13-31-21/h3-13,15H,14H2,1-2H3,(H,24,28)(H,25,27). The Kier molecular flexibility index (Phi) is 7.26. The van der Waals surface area contributed by atoms with Crippen molar-refractivity contribution in [1.82, 2.24) is 5.32 Å². The molecule has 0 saturated carbocycles. The van der Waals surface area contributed by atoms with E-state index in [1.54, 1.807) is 35.7 Å². The van der Waals surface area contributed by atoms with Gasteiger partial charge in [0.15, 0.2) is 0 Å². The molecule has 0 unspecified atom stereocenters. The molecule has 0 radical (unpaired) electrons. The molecule has 168 valence electrons.